The van der Waals surface area contributed by atoms with E-state index in [1.165, 1.54) is 7.11 Å². The Labute approximate surface area is 129 Å². The van der Waals surface area contributed by atoms with Crippen LogP contribution in [0.25, 0.3) is 0 Å². The maximum atomic E-state index is 10.9. The minimum absolute atomic E-state index is 0.294. The number of hydrogen-bond acceptors (Lipinski definition) is 4. The Balaban J connectivity index is 0.000000155. The molecule has 108 valence electrons. The summed E-state index contributed by atoms with van der Waals surface area (Å²) in [6.45, 7) is 0. The van der Waals surface area contributed by atoms with E-state index >= 15 is 0 Å². The lowest BCUT2D eigenvalue weighted by atomic mass is 10.2. The number of carbonyl (C=O) groups excluding carboxylic acids is 1. The van der Waals surface area contributed by atoms with E-state index < -0.39 is 5.97 Å². The number of halogens is 1. The van der Waals surface area contributed by atoms with Gasteiger partial charge in [0.05, 0.1) is 18.2 Å². The average Bonchev–Trinajstić information content (AvgIpc) is 2.75. The molecule has 21 heavy (non-hydrogen) atoms. The second kappa shape index (κ2) is 6.41. The number of ether oxygens (including phenoxy) is 2. The largest absolute Gasteiger partial charge is 0.493 e. The molecule has 0 aliphatic carbocycles. The Morgan fingerprint density at radius 2 is 1.95 bits per heavy atom. The maximum Gasteiger partial charge on any atom is 0.343 e. The predicted molar refractivity (Wildman–Crippen MR) is 79.1 cm³/mol. The van der Waals surface area contributed by atoms with Gasteiger partial charge in [-0.25, -0.2) is 9.59 Å². The molecule has 0 radical (unpaired) electrons. The second-order valence-corrected chi connectivity index (χ2v) is 4.89. The van der Waals surface area contributed by atoms with Crippen molar-refractivity contribution in [3.63, 3.8) is 0 Å². The van der Waals surface area contributed by atoms with E-state index in [4.69, 9.17) is 14.6 Å². The average molecular weight is 351 g/mol. The summed E-state index contributed by atoms with van der Waals surface area (Å²) in [7, 11) is 1.54. The Morgan fingerprint density at radius 3 is 2.52 bits per heavy atom. The summed E-state index contributed by atoms with van der Waals surface area (Å²) in [6, 6.07) is 11.8. The van der Waals surface area contributed by atoms with E-state index in [-0.39, 0.29) is 5.97 Å². The first-order valence-corrected chi connectivity index (χ1v) is 6.70. The van der Waals surface area contributed by atoms with E-state index in [0.717, 1.165) is 0 Å². The SMILES string of the molecule is COc1ccc2cc1OC2=O.O=C(O)c1ccccc1Br. The third kappa shape index (κ3) is 3.41. The zero-order valence-corrected chi connectivity index (χ0v) is 12.6. The normalized spacial score (nSPS) is 11.2. The Morgan fingerprint density at radius 1 is 1.24 bits per heavy atom. The predicted octanol–water partition coefficient (Wildman–Crippen LogP) is 3.38. The van der Waals surface area contributed by atoms with Crippen molar-refractivity contribution in [2.24, 2.45) is 0 Å². The Hall–Kier alpha value is -2.34. The third-order valence-electron chi connectivity index (χ3n) is 2.71. The molecule has 0 aromatic heterocycles. The molecular formula is C15H11BrO5. The number of carbonyl (C=O) groups is 2. The van der Waals surface area contributed by atoms with Crippen molar-refractivity contribution in [1.29, 1.82) is 0 Å². The molecule has 0 spiro atoms. The van der Waals surface area contributed by atoms with E-state index in [2.05, 4.69) is 15.9 Å². The number of hydrogen-bond donors (Lipinski definition) is 1. The van der Waals surface area contributed by atoms with Crippen LogP contribution in [0, 0.1) is 0 Å². The third-order valence-corrected chi connectivity index (χ3v) is 3.40. The van der Waals surface area contributed by atoms with E-state index in [9.17, 15) is 9.59 Å². The van der Waals surface area contributed by atoms with Crippen molar-refractivity contribution < 1.29 is 24.2 Å². The summed E-state index contributed by atoms with van der Waals surface area (Å²) < 4.78 is 10.4. The highest BCUT2D eigenvalue weighted by Gasteiger charge is 2.21. The van der Waals surface area contributed by atoms with Gasteiger partial charge in [-0.3, -0.25) is 0 Å². The van der Waals surface area contributed by atoms with Gasteiger partial charge in [-0.05, 0) is 46.3 Å². The summed E-state index contributed by atoms with van der Waals surface area (Å²) in [5.41, 5.74) is 0.878. The van der Waals surface area contributed by atoms with Gasteiger partial charge in [0.2, 0.25) is 0 Å². The second-order valence-electron chi connectivity index (χ2n) is 4.04. The first kappa shape index (κ1) is 15.1. The van der Waals surface area contributed by atoms with Crippen molar-refractivity contribution in [3.8, 4) is 11.5 Å². The lowest BCUT2D eigenvalue weighted by Gasteiger charge is -1.99. The molecular weight excluding hydrogens is 340 g/mol. The lowest BCUT2D eigenvalue weighted by Crippen LogP contribution is -1.99. The fraction of sp³-hybridized carbons (Fsp3) is 0.0667. The molecule has 5 nitrogen and oxygen atoms in total. The molecule has 0 fully saturated rings. The Kier molecular flexibility index (Phi) is 4.59. The smallest absolute Gasteiger partial charge is 0.343 e. The first-order valence-electron chi connectivity index (χ1n) is 5.91. The number of rotatable bonds is 2. The minimum Gasteiger partial charge on any atom is -0.493 e. The van der Waals surface area contributed by atoms with Gasteiger partial charge < -0.3 is 14.6 Å². The fourth-order valence-electron chi connectivity index (χ4n) is 1.68. The van der Waals surface area contributed by atoms with Crippen LogP contribution < -0.4 is 9.47 Å². The number of methoxy groups -OCH3 is 1. The van der Waals surface area contributed by atoms with Crippen LogP contribution in [-0.4, -0.2) is 24.2 Å². The van der Waals surface area contributed by atoms with Gasteiger partial charge in [-0.1, -0.05) is 12.1 Å². The molecule has 0 atom stereocenters. The van der Waals surface area contributed by atoms with Gasteiger partial charge in [0.15, 0.2) is 11.5 Å². The summed E-state index contributed by atoms with van der Waals surface area (Å²) in [6.07, 6.45) is 0. The molecule has 6 heteroatoms. The highest BCUT2D eigenvalue weighted by molar-refractivity contribution is 9.10. The molecule has 1 aliphatic rings. The summed E-state index contributed by atoms with van der Waals surface area (Å²) in [4.78, 5) is 21.3. The van der Waals surface area contributed by atoms with Crippen molar-refractivity contribution in [2.75, 3.05) is 7.11 Å². The van der Waals surface area contributed by atoms with Gasteiger partial charge in [0.1, 0.15) is 0 Å². The molecule has 0 saturated heterocycles. The fourth-order valence-corrected chi connectivity index (χ4v) is 2.13. The van der Waals surface area contributed by atoms with E-state index in [1.54, 1.807) is 42.5 Å². The number of carboxylic acids is 1. The molecule has 0 unspecified atom stereocenters. The zero-order valence-electron chi connectivity index (χ0n) is 11.0. The highest BCUT2D eigenvalue weighted by atomic mass is 79.9. The Bertz CT molecular complexity index is 696. The zero-order chi connectivity index (χ0) is 15.4. The molecule has 1 N–H and O–H groups in total. The van der Waals surface area contributed by atoms with E-state index in [0.29, 0.717) is 27.1 Å². The van der Waals surface area contributed by atoms with Crippen molar-refractivity contribution in [2.45, 2.75) is 0 Å². The van der Waals surface area contributed by atoms with Crippen LogP contribution in [0.4, 0.5) is 0 Å². The van der Waals surface area contributed by atoms with Crippen LogP contribution in [0.2, 0.25) is 0 Å². The molecule has 1 heterocycles. The van der Waals surface area contributed by atoms with Crippen LogP contribution in [-0.2, 0) is 0 Å². The standard InChI is InChI=1S/C8H6O3.C7H5BrO2/c1-10-6-3-2-5-4-7(6)11-8(5)9;8-6-4-2-1-3-5(6)7(9)10/h2-4H,1H3;1-4H,(H,9,10). The van der Waals surface area contributed by atoms with Crippen LogP contribution in [0.1, 0.15) is 20.7 Å². The maximum absolute atomic E-state index is 10.9. The van der Waals surface area contributed by atoms with E-state index in [1.807, 2.05) is 0 Å². The van der Waals surface area contributed by atoms with Crippen LogP contribution in [0.5, 0.6) is 11.5 Å². The summed E-state index contributed by atoms with van der Waals surface area (Å²) in [5, 5.41) is 8.54. The van der Waals surface area contributed by atoms with Gasteiger partial charge in [0, 0.05) is 4.47 Å². The number of fused-ring (bicyclic) bond motifs is 2. The number of benzene rings is 2. The van der Waals surface area contributed by atoms with Crippen molar-refractivity contribution in [1.82, 2.24) is 0 Å². The van der Waals surface area contributed by atoms with Crippen LogP contribution >= 0.6 is 15.9 Å². The van der Waals surface area contributed by atoms with Gasteiger partial charge in [-0.15, -0.1) is 0 Å². The molecule has 1 aliphatic heterocycles. The van der Waals surface area contributed by atoms with Crippen LogP contribution in [0.3, 0.4) is 0 Å². The molecule has 3 rings (SSSR count). The van der Waals surface area contributed by atoms with Gasteiger partial charge >= 0.3 is 11.9 Å². The van der Waals surface area contributed by atoms with Crippen LogP contribution in [0.15, 0.2) is 46.9 Å². The number of esters is 1. The molecule has 0 amide bonds. The van der Waals surface area contributed by atoms with Gasteiger partial charge in [0.25, 0.3) is 0 Å². The first-order chi connectivity index (χ1) is 10.0. The molecule has 2 bridgehead atoms. The quantitative estimate of drug-likeness (QED) is 0.840. The number of carboxylic acid groups (broad SMARTS) is 1. The van der Waals surface area contributed by atoms with Gasteiger partial charge in [-0.2, -0.15) is 0 Å². The molecule has 2 aromatic carbocycles. The molecule has 0 saturated carbocycles. The monoisotopic (exact) mass is 350 g/mol. The minimum atomic E-state index is -0.910. The topological polar surface area (TPSA) is 72.8 Å². The summed E-state index contributed by atoms with van der Waals surface area (Å²) in [5.74, 6) is -0.106. The van der Waals surface area contributed by atoms with Crippen molar-refractivity contribution >= 4 is 27.9 Å². The lowest BCUT2D eigenvalue weighted by molar-refractivity contribution is 0.0694. The van der Waals surface area contributed by atoms with Crippen molar-refractivity contribution in [3.05, 3.63) is 58.1 Å². The number of aromatic carboxylic acids is 1. The highest BCUT2D eigenvalue weighted by Crippen LogP contribution is 2.33. The summed E-state index contributed by atoms with van der Waals surface area (Å²) >= 11 is 3.12. The molecule has 2 aromatic rings.